The number of benzene rings is 1. The molecule has 1 unspecified atom stereocenters. The molecule has 0 amide bonds. The summed E-state index contributed by atoms with van der Waals surface area (Å²) in [6.45, 7) is 9.20. The Kier molecular flexibility index (Phi) is 5.22. The number of aromatic nitrogens is 2. The van der Waals surface area contributed by atoms with E-state index in [0.717, 1.165) is 42.1 Å². The van der Waals surface area contributed by atoms with E-state index in [1.165, 1.54) is 66.6 Å². The van der Waals surface area contributed by atoms with Gasteiger partial charge in [-0.3, -0.25) is 4.90 Å². The summed E-state index contributed by atoms with van der Waals surface area (Å²) >= 11 is 1.82. The maximum absolute atomic E-state index is 4.74. The fraction of sp³-hybridized carbons (Fsp3) is 0.556. The van der Waals surface area contributed by atoms with Gasteiger partial charge in [-0.25, -0.2) is 9.97 Å². The summed E-state index contributed by atoms with van der Waals surface area (Å²) in [5.74, 6) is 2.06. The third-order valence-electron chi connectivity index (χ3n) is 8.25. The number of likely N-dealkylation sites (tertiary alicyclic amines) is 1. The number of anilines is 1. The van der Waals surface area contributed by atoms with Gasteiger partial charge in [0.1, 0.15) is 17.0 Å². The molecule has 32 heavy (non-hydrogen) atoms. The predicted molar refractivity (Wildman–Crippen MR) is 134 cm³/mol. The van der Waals surface area contributed by atoms with Crippen LogP contribution in [-0.4, -0.2) is 47.1 Å². The molecule has 2 saturated heterocycles. The fourth-order valence-corrected chi connectivity index (χ4v) is 7.06. The predicted octanol–water partition coefficient (Wildman–Crippen LogP) is 5.49. The Bertz CT molecular complexity index is 1090. The lowest BCUT2D eigenvalue weighted by Crippen LogP contribution is -2.63. The first-order valence-corrected chi connectivity index (χ1v) is 13.2. The number of aryl methyl sites for hydroxylation is 2. The van der Waals surface area contributed by atoms with Crippen molar-refractivity contribution in [1.82, 2.24) is 14.9 Å². The second kappa shape index (κ2) is 8.11. The highest BCUT2D eigenvalue weighted by molar-refractivity contribution is 7.18. The van der Waals surface area contributed by atoms with Crippen molar-refractivity contribution in [3.05, 3.63) is 52.7 Å². The SMILES string of the molecule is CCc1cc2c(N3CCC4(C3)CN(C(Cc3ccc(C)cc3)C3CCC3)C4)ncnc2s1. The molecule has 1 atom stereocenters. The Morgan fingerprint density at radius 3 is 2.66 bits per heavy atom. The number of hydrogen-bond acceptors (Lipinski definition) is 5. The lowest BCUT2D eigenvalue weighted by atomic mass is 9.71. The van der Waals surface area contributed by atoms with Gasteiger partial charge in [-0.15, -0.1) is 11.3 Å². The Balaban J connectivity index is 1.16. The number of thiophene rings is 1. The van der Waals surface area contributed by atoms with Gasteiger partial charge in [0.25, 0.3) is 0 Å². The van der Waals surface area contributed by atoms with Gasteiger partial charge in [-0.1, -0.05) is 43.2 Å². The number of fused-ring (bicyclic) bond motifs is 1. The maximum atomic E-state index is 4.74. The summed E-state index contributed by atoms with van der Waals surface area (Å²) in [7, 11) is 0. The summed E-state index contributed by atoms with van der Waals surface area (Å²) in [5, 5.41) is 1.26. The molecule has 6 rings (SSSR count). The molecule has 168 valence electrons. The van der Waals surface area contributed by atoms with Crippen molar-refractivity contribution in [2.75, 3.05) is 31.1 Å². The van der Waals surface area contributed by atoms with Crippen molar-refractivity contribution in [3.8, 4) is 0 Å². The first-order valence-electron chi connectivity index (χ1n) is 12.4. The van der Waals surface area contributed by atoms with Gasteiger partial charge in [-0.05, 0) is 56.6 Å². The molecule has 1 aromatic carbocycles. The van der Waals surface area contributed by atoms with E-state index >= 15 is 0 Å². The van der Waals surface area contributed by atoms with E-state index in [1.807, 2.05) is 11.3 Å². The van der Waals surface area contributed by atoms with Crippen molar-refractivity contribution in [1.29, 1.82) is 0 Å². The third kappa shape index (κ3) is 3.63. The summed E-state index contributed by atoms with van der Waals surface area (Å²) in [5.41, 5.74) is 3.32. The monoisotopic (exact) mass is 446 g/mol. The molecule has 0 N–H and O–H groups in total. The van der Waals surface area contributed by atoms with E-state index in [-0.39, 0.29) is 0 Å². The zero-order valence-electron chi connectivity index (χ0n) is 19.4. The molecule has 2 aromatic heterocycles. The molecule has 0 radical (unpaired) electrons. The summed E-state index contributed by atoms with van der Waals surface area (Å²) < 4.78 is 0. The van der Waals surface area contributed by atoms with E-state index in [0.29, 0.717) is 5.41 Å². The summed E-state index contributed by atoms with van der Waals surface area (Å²) in [6.07, 6.45) is 9.61. The molecule has 4 nitrogen and oxygen atoms in total. The van der Waals surface area contributed by atoms with E-state index in [1.54, 1.807) is 6.33 Å². The quantitative estimate of drug-likeness (QED) is 0.501. The smallest absolute Gasteiger partial charge is 0.140 e. The fourth-order valence-electron chi connectivity index (χ4n) is 6.13. The molecule has 3 fully saturated rings. The maximum Gasteiger partial charge on any atom is 0.140 e. The van der Waals surface area contributed by atoms with Gasteiger partial charge in [0, 0.05) is 42.5 Å². The molecule has 1 spiro atoms. The second-order valence-corrected chi connectivity index (χ2v) is 11.6. The molecule has 1 saturated carbocycles. The van der Waals surface area contributed by atoms with E-state index in [4.69, 9.17) is 4.98 Å². The lowest BCUT2D eigenvalue weighted by Gasteiger charge is -2.54. The van der Waals surface area contributed by atoms with E-state index in [9.17, 15) is 0 Å². The molecule has 3 aliphatic rings. The zero-order valence-corrected chi connectivity index (χ0v) is 20.2. The normalized spacial score (nSPS) is 21.8. The number of nitrogens with zero attached hydrogens (tertiary/aromatic N) is 4. The zero-order chi connectivity index (χ0) is 21.7. The average Bonchev–Trinajstić information content (AvgIpc) is 3.37. The van der Waals surface area contributed by atoms with Crippen LogP contribution in [0.4, 0.5) is 5.82 Å². The second-order valence-electron chi connectivity index (χ2n) is 10.5. The molecule has 3 aromatic rings. The van der Waals surface area contributed by atoms with Crippen LogP contribution in [0.2, 0.25) is 0 Å². The van der Waals surface area contributed by atoms with Crippen LogP contribution in [0.3, 0.4) is 0 Å². The van der Waals surface area contributed by atoms with Crippen LogP contribution in [0.25, 0.3) is 10.2 Å². The van der Waals surface area contributed by atoms with Crippen molar-refractivity contribution in [3.63, 3.8) is 0 Å². The minimum absolute atomic E-state index is 0.455. The Morgan fingerprint density at radius 1 is 1.12 bits per heavy atom. The van der Waals surface area contributed by atoms with Gasteiger partial charge < -0.3 is 4.90 Å². The number of rotatable bonds is 6. The van der Waals surface area contributed by atoms with Crippen LogP contribution in [0, 0.1) is 18.3 Å². The van der Waals surface area contributed by atoms with Crippen LogP contribution >= 0.6 is 11.3 Å². The van der Waals surface area contributed by atoms with Crippen molar-refractivity contribution < 1.29 is 0 Å². The first-order chi connectivity index (χ1) is 15.6. The van der Waals surface area contributed by atoms with Crippen LogP contribution < -0.4 is 4.90 Å². The highest BCUT2D eigenvalue weighted by Gasteiger charge is 2.51. The number of hydrogen-bond donors (Lipinski definition) is 0. The standard InChI is InChI=1S/C27H34N4S/c1-3-22-14-23-25(28-18-29-26(23)32-22)30-12-11-27(15-30)16-31(17-27)24(21-5-4-6-21)13-20-9-7-19(2)8-10-20/h7-10,14,18,21,24H,3-6,11-13,15-17H2,1-2H3. The van der Waals surface area contributed by atoms with Crippen LogP contribution in [0.5, 0.6) is 0 Å². The van der Waals surface area contributed by atoms with Crippen molar-refractivity contribution >= 4 is 27.4 Å². The van der Waals surface area contributed by atoms with Gasteiger partial charge in [-0.2, -0.15) is 0 Å². The minimum atomic E-state index is 0.455. The first kappa shape index (κ1) is 20.6. The molecular formula is C27H34N4S. The minimum Gasteiger partial charge on any atom is -0.355 e. The molecule has 4 heterocycles. The average molecular weight is 447 g/mol. The largest absolute Gasteiger partial charge is 0.355 e. The molecular weight excluding hydrogens is 412 g/mol. The topological polar surface area (TPSA) is 32.3 Å². The Hall–Kier alpha value is -1.98. The molecule has 1 aliphatic carbocycles. The lowest BCUT2D eigenvalue weighted by molar-refractivity contribution is -0.0475. The van der Waals surface area contributed by atoms with Gasteiger partial charge in [0.05, 0.1) is 5.39 Å². The summed E-state index contributed by atoms with van der Waals surface area (Å²) in [6, 6.07) is 12.3. The van der Waals surface area contributed by atoms with E-state index in [2.05, 4.69) is 59.0 Å². The summed E-state index contributed by atoms with van der Waals surface area (Å²) in [4.78, 5) is 17.2. The molecule has 0 bridgehead atoms. The highest BCUT2D eigenvalue weighted by Crippen LogP contribution is 2.46. The Morgan fingerprint density at radius 2 is 1.94 bits per heavy atom. The Labute approximate surface area is 195 Å². The van der Waals surface area contributed by atoms with E-state index < -0.39 is 0 Å². The molecule has 5 heteroatoms. The van der Waals surface area contributed by atoms with Crippen LogP contribution in [0.1, 0.15) is 48.6 Å². The van der Waals surface area contributed by atoms with Crippen molar-refractivity contribution in [2.45, 2.75) is 58.4 Å². The van der Waals surface area contributed by atoms with Crippen molar-refractivity contribution in [2.24, 2.45) is 11.3 Å². The highest BCUT2D eigenvalue weighted by atomic mass is 32.1. The van der Waals surface area contributed by atoms with Crippen LogP contribution in [0.15, 0.2) is 36.7 Å². The third-order valence-corrected chi connectivity index (χ3v) is 9.44. The van der Waals surface area contributed by atoms with Gasteiger partial charge in [0.15, 0.2) is 0 Å². The van der Waals surface area contributed by atoms with Crippen LogP contribution in [-0.2, 0) is 12.8 Å². The van der Waals surface area contributed by atoms with Gasteiger partial charge >= 0.3 is 0 Å². The molecule has 2 aliphatic heterocycles. The van der Waals surface area contributed by atoms with Gasteiger partial charge in [0.2, 0.25) is 0 Å².